The Bertz CT molecular complexity index is 705. The van der Waals surface area contributed by atoms with Crippen molar-refractivity contribution >= 4 is 17.7 Å². The van der Waals surface area contributed by atoms with E-state index >= 15 is 0 Å². The second-order valence-electron chi connectivity index (χ2n) is 5.98. The first kappa shape index (κ1) is 17.7. The van der Waals surface area contributed by atoms with Crippen LogP contribution in [0.2, 0.25) is 0 Å². The van der Waals surface area contributed by atoms with Crippen LogP contribution in [0.25, 0.3) is 0 Å². The van der Waals surface area contributed by atoms with Gasteiger partial charge >= 0.3 is 0 Å². The molecule has 0 fully saturated rings. The van der Waals surface area contributed by atoms with Gasteiger partial charge in [-0.1, -0.05) is 36.4 Å². The van der Waals surface area contributed by atoms with Crippen LogP contribution in [0.3, 0.4) is 0 Å². The number of thioether (sulfide) groups is 1. The molecule has 1 unspecified atom stereocenters. The van der Waals surface area contributed by atoms with Crippen molar-refractivity contribution in [3.8, 4) is 11.5 Å². The summed E-state index contributed by atoms with van der Waals surface area (Å²) in [5, 5.41) is 3.05. The molecule has 0 radical (unpaired) electrons. The molecule has 1 atom stereocenters. The summed E-state index contributed by atoms with van der Waals surface area (Å²) in [6.07, 6.45) is 0.520. The molecule has 0 saturated carbocycles. The third kappa shape index (κ3) is 5.16. The molecule has 1 aliphatic heterocycles. The van der Waals surface area contributed by atoms with E-state index in [1.165, 1.54) is 5.56 Å². The molecule has 25 heavy (non-hydrogen) atoms. The Balaban J connectivity index is 1.43. The van der Waals surface area contributed by atoms with E-state index in [4.69, 9.17) is 9.47 Å². The topological polar surface area (TPSA) is 47.6 Å². The van der Waals surface area contributed by atoms with Crippen molar-refractivity contribution in [1.29, 1.82) is 0 Å². The largest absolute Gasteiger partial charge is 0.486 e. The molecule has 4 nitrogen and oxygen atoms in total. The lowest BCUT2D eigenvalue weighted by Gasteiger charge is -2.21. The summed E-state index contributed by atoms with van der Waals surface area (Å²) in [6, 6.07) is 16.1. The van der Waals surface area contributed by atoms with Gasteiger partial charge in [-0.05, 0) is 30.2 Å². The fourth-order valence-corrected chi connectivity index (χ4v) is 3.56. The summed E-state index contributed by atoms with van der Waals surface area (Å²) < 4.78 is 11.1. The lowest BCUT2D eigenvalue weighted by atomic mass is 10.1. The molecule has 1 aliphatic rings. The number of hydrogen-bond donors (Lipinski definition) is 1. The second-order valence-corrected chi connectivity index (χ2v) is 7.09. The predicted octanol–water partition coefficient (Wildman–Crippen LogP) is 3.96. The van der Waals surface area contributed by atoms with E-state index in [-0.39, 0.29) is 11.9 Å². The third-order valence-electron chi connectivity index (χ3n) is 4.03. The quantitative estimate of drug-likeness (QED) is 0.762. The number of nitrogens with one attached hydrogen (secondary N) is 1. The van der Waals surface area contributed by atoms with Crippen molar-refractivity contribution in [1.82, 2.24) is 5.32 Å². The number of carbonyl (C=O) groups is 1. The molecular formula is C20H23NO3S. The van der Waals surface area contributed by atoms with Crippen LogP contribution < -0.4 is 14.8 Å². The van der Waals surface area contributed by atoms with Gasteiger partial charge < -0.3 is 14.8 Å². The molecule has 1 N–H and O–H groups in total. The van der Waals surface area contributed by atoms with Crippen LogP contribution in [-0.2, 0) is 10.5 Å². The molecule has 132 valence electrons. The highest BCUT2D eigenvalue weighted by atomic mass is 32.2. The maximum atomic E-state index is 12.1. The Labute approximate surface area is 152 Å². The Morgan fingerprint density at radius 3 is 2.68 bits per heavy atom. The molecule has 2 aromatic carbocycles. The van der Waals surface area contributed by atoms with Crippen LogP contribution in [-0.4, -0.2) is 24.9 Å². The minimum Gasteiger partial charge on any atom is -0.486 e. The van der Waals surface area contributed by atoms with Gasteiger partial charge in [0.05, 0.1) is 6.04 Å². The van der Waals surface area contributed by atoms with Crippen LogP contribution in [0, 0.1) is 0 Å². The molecule has 1 heterocycles. The number of amides is 1. The van der Waals surface area contributed by atoms with E-state index in [2.05, 4.69) is 17.4 Å². The average Bonchev–Trinajstić information content (AvgIpc) is 2.65. The number of hydrogen-bond acceptors (Lipinski definition) is 4. The normalized spacial score (nSPS) is 14.0. The Morgan fingerprint density at radius 1 is 1.12 bits per heavy atom. The van der Waals surface area contributed by atoms with Crippen molar-refractivity contribution in [2.45, 2.75) is 25.1 Å². The highest BCUT2D eigenvalue weighted by Crippen LogP contribution is 2.32. The number of benzene rings is 2. The molecule has 0 saturated heterocycles. The Kier molecular flexibility index (Phi) is 6.23. The van der Waals surface area contributed by atoms with E-state index < -0.39 is 0 Å². The standard InChI is InChI=1S/C20H23NO3S/c1-15(17-7-8-18-19(13-17)24-11-10-23-18)21-20(22)9-12-25-14-16-5-3-2-4-6-16/h2-8,13,15H,9-12,14H2,1H3,(H,21,22). The number of fused-ring (bicyclic) bond motifs is 1. The number of rotatable bonds is 7. The first-order chi connectivity index (χ1) is 12.2. The smallest absolute Gasteiger partial charge is 0.221 e. The van der Waals surface area contributed by atoms with Crippen molar-refractivity contribution in [3.63, 3.8) is 0 Å². The van der Waals surface area contributed by atoms with E-state index in [0.29, 0.717) is 19.6 Å². The van der Waals surface area contributed by atoms with E-state index in [1.807, 2.05) is 43.3 Å². The molecule has 0 aliphatic carbocycles. The van der Waals surface area contributed by atoms with Gasteiger partial charge in [-0.2, -0.15) is 11.8 Å². The van der Waals surface area contributed by atoms with Crippen molar-refractivity contribution < 1.29 is 14.3 Å². The molecule has 5 heteroatoms. The van der Waals surface area contributed by atoms with Crippen molar-refractivity contribution in [2.75, 3.05) is 19.0 Å². The maximum absolute atomic E-state index is 12.1. The number of carbonyl (C=O) groups excluding carboxylic acids is 1. The molecule has 0 bridgehead atoms. The lowest BCUT2D eigenvalue weighted by molar-refractivity contribution is -0.121. The highest BCUT2D eigenvalue weighted by molar-refractivity contribution is 7.98. The van der Waals surface area contributed by atoms with Gasteiger partial charge in [-0.25, -0.2) is 0 Å². The van der Waals surface area contributed by atoms with Gasteiger partial charge in [0.1, 0.15) is 13.2 Å². The van der Waals surface area contributed by atoms with Crippen LogP contribution in [0.15, 0.2) is 48.5 Å². The summed E-state index contributed by atoms with van der Waals surface area (Å²) in [4.78, 5) is 12.1. The number of ether oxygens (including phenoxy) is 2. The zero-order chi connectivity index (χ0) is 17.5. The van der Waals surface area contributed by atoms with Crippen molar-refractivity contribution in [2.24, 2.45) is 0 Å². The molecule has 0 spiro atoms. The summed E-state index contributed by atoms with van der Waals surface area (Å²) >= 11 is 1.78. The summed E-state index contributed by atoms with van der Waals surface area (Å²) in [6.45, 7) is 3.13. The summed E-state index contributed by atoms with van der Waals surface area (Å²) in [5.74, 6) is 3.34. The van der Waals surface area contributed by atoms with Crippen LogP contribution in [0.4, 0.5) is 0 Å². The monoisotopic (exact) mass is 357 g/mol. The van der Waals surface area contributed by atoms with Gasteiger partial charge in [0.25, 0.3) is 0 Å². The van der Waals surface area contributed by atoms with Crippen LogP contribution >= 0.6 is 11.8 Å². The molecule has 3 rings (SSSR count). The Morgan fingerprint density at radius 2 is 1.88 bits per heavy atom. The fraction of sp³-hybridized carbons (Fsp3) is 0.350. The first-order valence-corrected chi connectivity index (χ1v) is 9.68. The third-order valence-corrected chi connectivity index (χ3v) is 5.06. The average molecular weight is 357 g/mol. The van der Waals surface area contributed by atoms with E-state index in [0.717, 1.165) is 28.6 Å². The van der Waals surface area contributed by atoms with Crippen LogP contribution in [0.5, 0.6) is 11.5 Å². The van der Waals surface area contributed by atoms with Crippen LogP contribution in [0.1, 0.15) is 30.5 Å². The molecule has 1 amide bonds. The highest BCUT2D eigenvalue weighted by Gasteiger charge is 2.15. The SMILES string of the molecule is CC(NC(=O)CCSCc1ccccc1)c1ccc2c(c1)OCCO2. The molecule has 2 aromatic rings. The van der Waals surface area contributed by atoms with Gasteiger partial charge in [-0.15, -0.1) is 0 Å². The summed E-state index contributed by atoms with van der Waals surface area (Å²) in [7, 11) is 0. The van der Waals surface area contributed by atoms with Crippen molar-refractivity contribution in [3.05, 3.63) is 59.7 Å². The molecule has 0 aromatic heterocycles. The zero-order valence-corrected chi connectivity index (χ0v) is 15.2. The van der Waals surface area contributed by atoms with Gasteiger partial charge in [-0.3, -0.25) is 4.79 Å². The molecular weight excluding hydrogens is 334 g/mol. The van der Waals surface area contributed by atoms with E-state index in [9.17, 15) is 4.79 Å². The minimum absolute atomic E-state index is 0.0533. The maximum Gasteiger partial charge on any atom is 0.221 e. The Hall–Kier alpha value is -2.14. The fourth-order valence-electron chi connectivity index (χ4n) is 2.66. The second kappa shape index (κ2) is 8.81. The van der Waals surface area contributed by atoms with E-state index in [1.54, 1.807) is 11.8 Å². The first-order valence-electron chi connectivity index (χ1n) is 8.53. The van der Waals surface area contributed by atoms with Gasteiger partial charge in [0, 0.05) is 17.9 Å². The lowest BCUT2D eigenvalue weighted by Crippen LogP contribution is -2.27. The minimum atomic E-state index is -0.0533. The summed E-state index contributed by atoms with van der Waals surface area (Å²) in [5.41, 5.74) is 2.31. The van der Waals surface area contributed by atoms with Gasteiger partial charge in [0.2, 0.25) is 5.91 Å². The van der Waals surface area contributed by atoms with Gasteiger partial charge in [0.15, 0.2) is 11.5 Å². The predicted molar refractivity (Wildman–Crippen MR) is 101 cm³/mol. The zero-order valence-electron chi connectivity index (χ0n) is 14.4.